The third-order valence-corrected chi connectivity index (χ3v) is 22.3. The maximum Gasteiger partial charge on any atom is 0.0828 e. The van der Waals surface area contributed by atoms with E-state index in [0.717, 1.165) is 74.0 Å². The van der Waals surface area contributed by atoms with Crippen LogP contribution in [0.1, 0.15) is 450 Å². The van der Waals surface area contributed by atoms with Gasteiger partial charge in [-0.2, -0.15) is 0 Å². The Morgan fingerprint density at radius 1 is 0.267 bits per heavy atom. The molecule has 0 bridgehead atoms. The summed E-state index contributed by atoms with van der Waals surface area (Å²) in [5.41, 5.74) is 0. The summed E-state index contributed by atoms with van der Waals surface area (Å²) in [6.07, 6.45) is 73.8. The number of hydrogen-bond donors (Lipinski definition) is 0. The van der Waals surface area contributed by atoms with Crippen LogP contribution < -0.4 is 14.7 Å². The van der Waals surface area contributed by atoms with Gasteiger partial charge in [0.2, 0.25) is 0 Å². The molecule has 0 radical (unpaired) electrons. The van der Waals surface area contributed by atoms with E-state index >= 15 is 0 Å². The van der Waals surface area contributed by atoms with E-state index < -0.39 is 31.6 Å². The first-order valence-corrected chi connectivity index (χ1v) is 48.7. The van der Waals surface area contributed by atoms with Gasteiger partial charge in [-0.05, 0) is 74.0 Å². The maximum atomic E-state index is 11.7. The summed E-state index contributed by atoms with van der Waals surface area (Å²) in [5, 5.41) is 0. The molecule has 0 aliphatic heterocycles. The molecule has 0 aromatic heterocycles. The van der Waals surface area contributed by atoms with Crippen molar-refractivity contribution < 1.29 is 75.4 Å². The Balaban J connectivity index is -0.000000664. The fourth-order valence-corrected chi connectivity index (χ4v) is 14.7. The van der Waals surface area contributed by atoms with Gasteiger partial charge in [0, 0.05) is 0 Å². The zero-order valence-electron chi connectivity index (χ0n) is 72.4. The summed E-state index contributed by atoms with van der Waals surface area (Å²) in [6, 6.07) is 0. The predicted molar refractivity (Wildman–Crippen MR) is 451 cm³/mol. The minimum atomic E-state index is -1.91. The molecular formula is C89H181O12P3Ti. The zero-order valence-corrected chi connectivity index (χ0v) is 76.6. The van der Waals surface area contributed by atoms with Crippen LogP contribution in [-0.4, -0.2) is 64.7 Å². The molecule has 0 saturated heterocycles. The second-order valence-corrected chi connectivity index (χ2v) is 36.1. The molecule has 0 rings (SSSR count). The molecule has 0 aliphatic carbocycles. The average Bonchev–Trinajstić information content (AvgIpc) is 0.849. The Hall–Kier alpha value is 1.00. The molecule has 0 aromatic rings. The Labute approximate surface area is 672 Å². The van der Waals surface area contributed by atoms with Crippen molar-refractivity contribution in [2.24, 2.45) is 35.5 Å². The van der Waals surface area contributed by atoms with Crippen LogP contribution in [0.15, 0.2) is 25.3 Å². The van der Waals surface area contributed by atoms with E-state index in [-0.39, 0.29) is 6.10 Å². The van der Waals surface area contributed by atoms with E-state index in [0.29, 0.717) is 59.3 Å². The quantitative estimate of drug-likeness (QED) is 0.0187. The van der Waals surface area contributed by atoms with Crippen molar-refractivity contribution in [3.05, 3.63) is 25.3 Å². The Bertz CT molecular complexity index is 1370. The van der Waals surface area contributed by atoms with E-state index in [9.17, 15) is 14.7 Å². The van der Waals surface area contributed by atoms with Crippen LogP contribution in [0.4, 0.5) is 0 Å². The van der Waals surface area contributed by atoms with Crippen LogP contribution in [0.2, 0.25) is 0 Å². The maximum absolute atomic E-state index is 11.7. The van der Waals surface area contributed by atoms with Crippen molar-refractivity contribution in [2.45, 2.75) is 462 Å². The van der Waals surface area contributed by atoms with E-state index in [4.69, 9.17) is 39.9 Å². The minimum Gasteiger partial charge on any atom is -0.786 e. The predicted octanol–water partition coefficient (Wildman–Crippen LogP) is 29.2. The summed E-state index contributed by atoms with van der Waals surface area (Å²) in [4.78, 5) is 35.1. The summed E-state index contributed by atoms with van der Waals surface area (Å²) in [6.45, 7) is 43.1. The van der Waals surface area contributed by atoms with E-state index in [1.165, 1.54) is 308 Å². The summed E-state index contributed by atoms with van der Waals surface area (Å²) >= 11 is 1.64. The molecule has 0 aliphatic rings. The van der Waals surface area contributed by atoms with Gasteiger partial charge in [0.1, 0.15) is 0 Å². The van der Waals surface area contributed by atoms with E-state index in [2.05, 4.69) is 96.2 Å². The van der Waals surface area contributed by atoms with Crippen molar-refractivity contribution in [2.75, 3.05) is 52.9 Å². The molecule has 0 amide bonds. The summed E-state index contributed by atoms with van der Waals surface area (Å²) in [5.74, 6) is 4.37. The minimum absolute atomic E-state index is 0.137. The van der Waals surface area contributed by atoms with Crippen LogP contribution >= 0.6 is 25.8 Å². The van der Waals surface area contributed by atoms with Gasteiger partial charge in [-0.15, -0.1) is 0 Å². The molecular weight excluding hydrogens is 1400 g/mol. The number of rotatable bonds is 81. The first-order valence-electron chi connectivity index (χ1n) is 44.7. The second-order valence-electron chi connectivity index (χ2n) is 32.9. The average molecular weight is 1580 g/mol. The van der Waals surface area contributed by atoms with Gasteiger partial charge in [0.15, 0.2) is 0 Å². The molecule has 16 heteroatoms. The van der Waals surface area contributed by atoms with Gasteiger partial charge < -0.3 is 41.8 Å². The van der Waals surface area contributed by atoms with Crippen molar-refractivity contribution in [3.63, 3.8) is 0 Å². The van der Waals surface area contributed by atoms with Crippen LogP contribution in [0.5, 0.6) is 0 Å². The van der Waals surface area contributed by atoms with Crippen molar-refractivity contribution >= 4 is 25.8 Å². The topological polar surface area (TPSA) is 152 Å². The standard InChI is InChI=1S/3C26H54O3P.C11H19O3.Ti/c3*1-25(2)21-17-13-9-5-7-11-15-19-23-28-30(27)29-24-20-16-12-8-6-10-14-18-22-26(3)4;1-5-8-13-11(7-3,10(4)12)14-9-6-2;/h3*25-26H,5-24H2,1-4H3;5-6,10H,1-2,7-9H2,3-4H3;/q4*-1;+4. The first kappa shape index (κ1) is 112. The van der Waals surface area contributed by atoms with Gasteiger partial charge >= 0.3 is 104 Å². The summed E-state index contributed by atoms with van der Waals surface area (Å²) < 4.78 is 48.5. The van der Waals surface area contributed by atoms with E-state index in [1.54, 1.807) is 33.0 Å². The third-order valence-electron chi connectivity index (χ3n) is 19.4. The molecule has 628 valence electrons. The Morgan fingerprint density at radius 2 is 0.410 bits per heavy atom. The first-order chi connectivity index (χ1) is 50.7. The molecule has 0 heterocycles. The van der Waals surface area contributed by atoms with Crippen LogP contribution in [0.3, 0.4) is 0 Å². The van der Waals surface area contributed by atoms with Gasteiger partial charge in [0.05, 0.1) is 65.4 Å². The molecule has 0 aromatic carbocycles. The molecule has 105 heavy (non-hydrogen) atoms. The molecule has 1 atom stereocenters. The van der Waals surface area contributed by atoms with E-state index in [1.807, 2.05) is 13.8 Å². The van der Waals surface area contributed by atoms with Crippen LogP contribution in [0, 0.1) is 35.5 Å². The van der Waals surface area contributed by atoms with Crippen molar-refractivity contribution in [1.29, 1.82) is 0 Å². The molecule has 0 spiro atoms. The Kier molecular flexibility index (Phi) is 98.6. The van der Waals surface area contributed by atoms with Crippen molar-refractivity contribution in [3.8, 4) is 0 Å². The fraction of sp³-hybridized carbons (Fsp3) is 0.955. The third kappa shape index (κ3) is 99.1. The SMILES string of the molecule is C=CCOC(CC)(OCC=C)C(C)[O][Ti+3].CC(C)CCCCCCCCCCOP([O-])OCCCCCCCCCCC(C)C.CC(C)CCCCCCCCCCOP([O-])OCCCCCCCCCCC(C)C.CC(C)CCCCCCCCCCOP([O-])OCCCCCCCCCCC(C)C. The van der Waals surface area contributed by atoms with Crippen LogP contribution in [-0.2, 0) is 60.8 Å². The number of ether oxygens (including phenoxy) is 2. The van der Waals surface area contributed by atoms with Crippen LogP contribution in [0.25, 0.3) is 0 Å². The smallest absolute Gasteiger partial charge is 0.0828 e. The molecule has 0 saturated carbocycles. The van der Waals surface area contributed by atoms with Gasteiger partial charge in [-0.25, -0.2) is 0 Å². The zero-order chi connectivity index (χ0) is 78.6. The van der Waals surface area contributed by atoms with Gasteiger partial charge in [-0.3, -0.25) is 0 Å². The number of unbranched alkanes of at least 4 members (excludes halogenated alkanes) is 42. The van der Waals surface area contributed by atoms with Gasteiger partial charge in [0.25, 0.3) is 0 Å². The monoisotopic (exact) mass is 1580 g/mol. The molecule has 0 fully saturated rings. The number of hydrogen-bond acceptors (Lipinski definition) is 12. The van der Waals surface area contributed by atoms with Gasteiger partial charge in [-0.1, -0.05) is 391 Å². The van der Waals surface area contributed by atoms with Crippen molar-refractivity contribution in [1.82, 2.24) is 0 Å². The normalized spacial score (nSPS) is 12.2. The second kappa shape index (κ2) is 92.2. The largest absolute Gasteiger partial charge is 0.786 e. The molecule has 12 nitrogen and oxygen atoms in total. The Morgan fingerprint density at radius 3 is 0.533 bits per heavy atom. The molecule has 1 unspecified atom stereocenters. The summed E-state index contributed by atoms with van der Waals surface area (Å²) in [7, 11) is -5.73. The fourth-order valence-electron chi connectivity index (χ4n) is 12.5. The molecule has 0 N–H and O–H groups in total.